The fourth-order valence-corrected chi connectivity index (χ4v) is 2.45. The van der Waals surface area contributed by atoms with Crippen LogP contribution in [0.3, 0.4) is 0 Å². The van der Waals surface area contributed by atoms with Gasteiger partial charge in [-0.1, -0.05) is 6.07 Å². The summed E-state index contributed by atoms with van der Waals surface area (Å²) in [6.45, 7) is 4.42. The van der Waals surface area contributed by atoms with Crippen LogP contribution in [0.1, 0.15) is 17.8 Å². The number of nitrogens with one attached hydrogen (secondary N) is 1. The van der Waals surface area contributed by atoms with Gasteiger partial charge in [0, 0.05) is 12.6 Å². The molecule has 1 aliphatic heterocycles. The van der Waals surface area contributed by atoms with Gasteiger partial charge in [-0.3, -0.25) is 0 Å². The molecule has 1 saturated heterocycles. The maximum Gasteiger partial charge on any atom is 0.113 e. The van der Waals surface area contributed by atoms with Gasteiger partial charge in [-0.15, -0.1) is 0 Å². The minimum absolute atomic E-state index is 0.756. The summed E-state index contributed by atoms with van der Waals surface area (Å²) in [5.74, 6) is 1.96. The van der Waals surface area contributed by atoms with Gasteiger partial charge in [0.15, 0.2) is 0 Å². The Bertz CT molecular complexity index is 495. The van der Waals surface area contributed by atoms with Gasteiger partial charge in [0.05, 0.1) is 11.7 Å². The summed E-state index contributed by atoms with van der Waals surface area (Å²) in [7, 11) is 0. The van der Waals surface area contributed by atoms with Crippen LogP contribution in [0, 0.1) is 12.8 Å². The summed E-state index contributed by atoms with van der Waals surface area (Å²) in [6, 6.07) is 4.27. The number of rotatable bonds is 2. The average molecular weight is 215 g/mol. The topological polar surface area (TPSA) is 29.3 Å². The zero-order valence-corrected chi connectivity index (χ0v) is 9.61. The predicted molar refractivity (Wildman–Crippen MR) is 64.6 cm³/mol. The lowest BCUT2D eigenvalue weighted by Crippen LogP contribution is -2.12. The molecule has 2 aromatic heterocycles. The zero-order chi connectivity index (χ0) is 11.0. The highest BCUT2D eigenvalue weighted by Crippen LogP contribution is 2.16. The zero-order valence-electron chi connectivity index (χ0n) is 9.61. The molecule has 0 amide bonds. The Morgan fingerprint density at radius 1 is 1.50 bits per heavy atom. The van der Waals surface area contributed by atoms with Gasteiger partial charge in [0.2, 0.25) is 0 Å². The molecule has 3 rings (SSSR count). The number of hydrogen-bond donors (Lipinski definition) is 1. The van der Waals surface area contributed by atoms with Gasteiger partial charge in [-0.05, 0) is 44.0 Å². The lowest BCUT2D eigenvalue weighted by molar-refractivity contribution is 0.560. The first-order chi connectivity index (χ1) is 7.83. The number of imidazole rings is 1. The van der Waals surface area contributed by atoms with Crippen molar-refractivity contribution in [1.29, 1.82) is 0 Å². The van der Waals surface area contributed by atoms with E-state index < -0.39 is 0 Å². The molecule has 0 aliphatic carbocycles. The predicted octanol–water partition coefficient (Wildman–Crippen LogP) is 1.79. The summed E-state index contributed by atoms with van der Waals surface area (Å²) < 4.78 is 2.23. The molecule has 1 fully saturated rings. The van der Waals surface area contributed by atoms with E-state index in [-0.39, 0.29) is 0 Å². The molecule has 1 unspecified atom stereocenters. The van der Waals surface area contributed by atoms with Gasteiger partial charge in [-0.25, -0.2) is 4.98 Å². The molecule has 3 heterocycles. The Morgan fingerprint density at radius 3 is 3.25 bits per heavy atom. The molecule has 1 aliphatic rings. The Hall–Kier alpha value is -1.35. The molecule has 3 nitrogen and oxygen atoms in total. The first-order valence-electron chi connectivity index (χ1n) is 5.96. The Morgan fingerprint density at radius 2 is 2.44 bits per heavy atom. The first-order valence-corrected chi connectivity index (χ1v) is 5.96. The lowest BCUT2D eigenvalue weighted by Gasteiger charge is -2.07. The van der Waals surface area contributed by atoms with Crippen LogP contribution in [0.2, 0.25) is 0 Å². The number of hydrogen-bond acceptors (Lipinski definition) is 2. The van der Waals surface area contributed by atoms with E-state index in [2.05, 4.69) is 40.0 Å². The summed E-state index contributed by atoms with van der Waals surface area (Å²) in [5.41, 5.74) is 2.49. The monoisotopic (exact) mass is 215 g/mol. The van der Waals surface area contributed by atoms with E-state index in [9.17, 15) is 0 Å². The third-order valence-electron chi connectivity index (χ3n) is 3.39. The number of nitrogens with zero attached hydrogens (tertiary/aromatic N) is 2. The van der Waals surface area contributed by atoms with Crippen LogP contribution in [0.5, 0.6) is 0 Å². The standard InChI is InChI=1S/C13H17N3/c1-10-2-3-12-8-15-13(16(12)9-10)6-11-4-5-14-7-11/h2-3,8-9,11,14H,4-7H2,1H3. The molecule has 0 aromatic carbocycles. The number of pyridine rings is 1. The second-order valence-corrected chi connectivity index (χ2v) is 4.74. The Labute approximate surface area is 95.5 Å². The van der Waals surface area contributed by atoms with E-state index in [0.29, 0.717) is 0 Å². The summed E-state index contributed by atoms with van der Waals surface area (Å²) in [6.07, 6.45) is 6.52. The second-order valence-electron chi connectivity index (χ2n) is 4.74. The highest BCUT2D eigenvalue weighted by molar-refractivity contribution is 5.46. The summed E-state index contributed by atoms with van der Waals surface area (Å²) >= 11 is 0. The molecule has 0 bridgehead atoms. The van der Waals surface area contributed by atoms with Gasteiger partial charge in [0.1, 0.15) is 5.82 Å². The molecule has 0 spiro atoms. The van der Waals surface area contributed by atoms with Crippen molar-refractivity contribution in [3.05, 3.63) is 35.9 Å². The van der Waals surface area contributed by atoms with Crippen molar-refractivity contribution in [3.63, 3.8) is 0 Å². The molecule has 3 heteroatoms. The lowest BCUT2D eigenvalue weighted by atomic mass is 10.0. The van der Waals surface area contributed by atoms with Crippen molar-refractivity contribution in [2.45, 2.75) is 19.8 Å². The molecule has 2 aromatic rings. The highest BCUT2D eigenvalue weighted by atomic mass is 15.0. The van der Waals surface area contributed by atoms with Crippen LogP contribution < -0.4 is 5.32 Å². The van der Waals surface area contributed by atoms with Crippen molar-refractivity contribution in [2.24, 2.45) is 5.92 Å². The van der Waals surface area contributed by atoms with Crippen LogP contribution in [-0.2, 0) is 6.42 Å². The maximum absolute atomic E-state index is 4.54. The summed E-state index contributed by atoms with van der Waals surface area (Å²) in [5, 5.41) is 3.41. The van der Waals surface area contributed by atoms with Crippen LogP contribution in [-0.4, -0.2) is 22.5 Å². The molecule has 0 saturated carbocycles. The normalized spacial score (nSPS) is 20.7. The van der Waals surface area contributed by atoms with Gasteiger partial charge >= 0.3 is 0 Å². The van der Waals surface area contributed by atoms with Crippen molar-refractivity contribution in [2.75, 3.05) is 13.1 Å². The van der Waals surface area contributed by atoms with Crippen molar-refractivity contribution in [3.8, 4) is 0 Å². The van der Waals surface area contributed by atoms with E-state index >= 15 is 0 Å². The molecular weight excluding hydrogens is 198 g/mol. The number of fused-ring (bicyclic) bond motifs is 1. The van der Waals surface area contributed by atoms with Gasteiger partial charge in [-0.2, -0.15) is 0 Å². The Kier molecular flexibility index (Phi) is 2.40. The molecule has 16 heavy (non-hydrogen) atoms. The van der Waals surface area contributed by atoms with Crippen LogP contribution >= 0.6 is 0 Å². The maximum atomic E-state index is 4.54. The first kappa shape index (κ1) is 9.85. The molecular formula is C13H17N3. The number of aryl methyl sites for hydroxylation is 1. The third-order valence-corrected chi connectivity index (χ3v) is 3.39. The SMILES string of the molecule is Cc1ccc2cnc(CC3CCNC3)n2c1. The molecule has 84 valence electrons. The average Bonchev–Trinajstić information content (AvgIpc) is 2.90. The van der Waals surface area contributed by atoms with E-state index in [0.717, 1.165) is 25.4 Å². The fourth-order valence-electron chi connectivity index (χ4n) is 2.45. The van der Waals surface area contributed by atoms with Crippen LogP contribution in [0.4, 0.5) is 0 Å². The third kappa shape index (κ3) is 1.71. The van der Waals surface area contributed by atoms with Crippen LogP contribution in [0.25, 0.3) is 5.52 Å². The molecule has 1 atom stereocenters. The second kappa shape index (κ2) is 3.91. The van der Waals surface area contributed by atoms with Crippen molar-refractivity contribution in [1.82, 2.24) is 14.7 Å². The minimum Gasteiger partial charge on any atom is -0.316 e. The molecule has 0 radical (unpaired) electrons. The van der Waals surface area contributed by atoms with Gasteiger partial charge < -0.3 is 9.72 Å². The van der Waals surface area contributed by atoms with Crippen molar-refractivity contribution >= 4 is 5.52 Å². The number of aromatic nitrogens is 2. The van der Waals surface area contributed by atoms with Crippen LogP contribution in [0.15, 0.2) is 24.5 Å². The van der Waals surface area contributed by atoms with E-state index in [1.165, 1.54) is 23.3 Å². The minimum atomic E-state index is 0.756. The van der Waals surface area contributed by atoms with E-state index in [1.54, 1.807) is 0 Å². The summed E-state index contributed by atoms with van der Waals surface area (Å²) in [4.78, 5) is 4.54. The molecule has 1 N–H and O–H groups in total. The quantitative estimate of drug-likeness (QED) is 0.827. The highest BCUT2D eigenvalue weighted by Gasteiger charge is 2.17. The van der Waals surface area contributed by atoms with E-state index in [4.69, 9.17) is 0 Å². The Balaban J connectivity index is 1.93. The smallest absolute Gasteiger partial charge is 0.113 e. The van der Waals surface area contributed by atoms with Crippen molar-refractivity contribution < 1.29 is 0 Å². The fraction of sp³-hybridized carbons (Fsp3) is 0.462. The largest absolute Gasteiger partial charge is 0.316 e. The van der Waals surface area contributed by atoms with E-state index in [1.807, 2.05) is 6.20 Å². The van der Waals surface area contributed by atoms with Gasteiger partial charge in [0.25, 0.3) is 0 Å².